The highest BCUT2D eigenvalue weighted by molar-refractivity contribution is 5.81. The van der Waals surface area contributed by atoms with Crippen LogP contribution in [0.1, 0.15) is 52.9 Å². The number of hydrogen-bond acceptors (Lipinski definition) is 3. The Morgan fingerprint density at radius 3 is 2.58 bits per heavy atom. The zero-order valence-electron chi connectivity index (χ0n) is 12.9. The summed E-state index contributed by atoms with van der Waals surface area (Å²) in [4.78, 5) is 12.0. The lowest BCUT2D eigenvalue weighted by Gasteiger charge is -2.27. The standard InChI is InChI=1S/C15H30N2O2/c1-12(14(18)17-13-7-5-6-8-13)16-11-15(2,3)9-10-19-4/h12-13,16H,5-11H2,1-4H3,(H,17,18). The zero-order chi connectivity index (χ0) is 14.3. The first-order valence-electron chi connectivity index (χ1n) is 7.47. The summed E-state index contributed by atoms with van der Waals surface area (Å²) >= 11 is 0. The first-order valence-corrected chi connectivity index (χ1v) is 7.47. The van der Waals surface area contributed by atoms with E-state index < -0.39 is 0 Å². The van der Waals surface area contributed by atoms with E-state index in [0.717, 1.165) is 32.4 Å². The maximum Gasteiger partial charge on any atom is 0.237 e. The van der Waals surface area contributed by atoms with E-state index in [1.54, 1.807) is 7.11 Å². The highest BCUT2D eigenvalue weighted by Crippen LogP contribution is 2.19. The van der Waals surface area contributed by atoms with Gasteiger partial charge in [-0.25, -0.2) is 0 Å². The molecular weight excluding hydrogens is 240 g/mol. The monoisotopic (exact) mass is 270 g/mol. The molecule has 1 rings (SSSR count). The minimum Gasteiger partial charge on any atom is -0.385 e. The fourth-order valence-corrected chi connectivity index (χ4v) is 2.39. The van der Waals surface area contributed by atoms with Crippen molar-refractivity contribution in [2.24, 2.45) is 5.41 Å². The molecule has 1 atom stereocenters. The molecule has 0 radical (unpaired) electrons. The molecule has 0 aromatic rings. The number of carbonyl (C=O) groups is 1. The summed E-state index contributed by atoms with van der Waals surface area (Å²) in [7, 11) is 1.72. The SMILES string of the molecule is COCCC(C)(C)CNC(C)C(=O)NC1CCCC1. The minimum atomic E-state index is -0.123. The van der Waals surface area contributed by atoms with Gasteiger partial charge in [-0.1, -0.05) is 26.7 Å². The van der Waals surface area contributed by atoms with Crippen LogP contribution < -0.4 is 10.6 Å². The summed E-state index contributed by atoms with van der Waals surface area (Å²) in [5, 5.41) is 6.47. The fourth-order valence-electron chi connectivity index (χ4n) is 2.39. The quantitative estimate of drug-likeness (QED) is 0.710. The van der Waals surface area contributed by atoms with Crippen molar-refractivity contribution in [2.45, 2.75) is 65.0 Å². The lowest BCUT2D eigenvalue weighted by atomic mass is 9.89. The van der Waals surface area contributed by atoms with Crippen LogP contribution in [0.3, 0.4) is 0 Å². The average molecular weight is 270 g/mol. The Balaban J connectivity index is 2.25. The number of nitrogens with one attached hydrogen (secondary N) is 2. The van der Waals surface area contributed by atoms with E-state index in [1.807, 2.05) is 6.92 Å². The van der Waals surface area contributed by atoms with Crippen LogP contribution in [0.5, 0.6) is 0 Å². The molecule has 1 unspecified atom stereocenters. The number of amides is 1. The van der Waals surface area contributed by atoms with Crippen molar-refractivity contribution in [1.82, 2.24) is 10.6 Å². The number of ether oxygens (including phenoxy) is 1. The van der Waals surface area contributed by atoms with Crippen LogP contribution in [0, 0.1) is 5.41 Å². The van der Waals surface area contributed by atoms with Gasteiger partial charge < -0.3 is 15.4 Å². The lowest BCUT2D eigenvalue weighted by molar-refractivity contribution is -0.123. The van der Waals surface area contributed by atoms with Gasteiger partial charge in [0.15, 0.2) is 0 Å². The molecule has 1 amide bonds. The van der Waals surface area contributed by atoms with Crippen molar-refractivity contribution in [3.8, 4) is 0 Å². The molecule has 1 saturated carbocycles. The van der Waals surface area contributed by atoms with Gasteiger partial charge in [0.25, 0.3) is 0 Å². The first kappa shape index (κ1) is 16.4. The van der Waals surface area contributed by atoms with Gasteiger partial charge >= 0.3 is 0 Å². The fraction of sp³-hybridized carbons (Fsp3) is 0.933. The molecule has 0 heterocycles. The van der Waals surface area contributed by atoms with Gasteiger partial charge in [0.1, 0.15) is 0 Å². The van der Waals surface area contributed by atoms with Gasteiger partial charge in [0, 0.05) is 26.3 Å². The van der Waals surface area contributed by atoms with E-state index in [9.17, 15) is 4.79 Å². The van der Waals surface area contributed by atoms with Gasteiger partial charge in [-0.15, -0.1) is 0 Å². The summed E-state index contributed by atoms with van der Waals surface area (Å²) in [6.07, 6.45) is 5.76. The molecule has 1 fully saturated rings. The highest BCUT2D eigenvalue weighted by atomic mass is 16.5. The van der Waals surface area contributed by atoms with Gasteiger partial charge in [0.2, 0.25) is 5.91 Å². The third kappa shape index (κ3) is 6.39. The second-order valence-electron chi connectivity index (χ2n) is 6.50. The molecule has 1 aliphatic rings. The van der Waals surface area contributed by atoms with Crippen molar-refractivity contribution in [1.29, 1.82) is 0 Å². The zero-order valence-corrected chi connectivity index (χ0v) is 12.9. The minimum absolute atomic E-state index is 0.123. The summed E-state index contributed by atoms with van der Waals surface area (Å²) < 4.78 is 5.11. The van der Waals surface area contributed by atoms with Crippen LogP contribution in [0.25, 0.3) is 0 Å². The van der Waals surface area contributed by atoms with Gasteiger partial charge in [-0.05, 0) is 31.6 Å². The maximum atomic E-state index is 12.0. The van der Waals surface area contributed by atoms with E-state index in [0.29, 0.717) is 6.04 Å². The van der Waals surface area contributed by atoms with E-state index in [2.05, 4.69) is 24.5 Å². The predicted molar refractivity (Wildman–Crippen MR) is 78.1 cm³/mol. The number of rotatable bonds is 8. The summed E-state index contributed by atoms with van der Waals surface area (Å²) in [6, 6.07) is 0.278. The van der Waals surface area contributed by atoms with Gasteiger partial charge in [-0.2, -0.15) is 0 Å². The largest absolute Gasteiger partial charge is 0.385 e. The molecular formula is C15H30N2O2. The molecule has 0 aliphatic heterocycles. The molecule has 0 saturated heterocycles. The normalized spacial score (nSPS) is 18.5. The summed E-state index contributed by atoms with van der Waals surface area (Å²) in [5.41, 5.74) is 0.151. The van der Waals surface area contributed by atoms with Gasteiger partial charge in [-0.3, -0.25) is 4.79 Å². The maximum absolute atomic E-state index is 12.0. The molecule has 112 valence electrons. The van der Waals surface area contributed by atoms with Crippen LogP contribution >= 0.6 is 0 Å². The molecule has 19 heavy (non-hydrogen) atoms. The topological polar surface area (TPSA) is 50.4 Å². The van der Waals surface area contributed by atoms with Crippen molar-refractivity contribution < 1.29 is 9.53 Å². The van der Waals surface area contributed by atoms with Crippen LogP contribution in [0.2, 0.25) is 0 Å². The van der Waals surface area contributed by atoms with E-state index in [-0.39, 0.29) is 17.4 Å². The van der Waals surface area contributed by atoms with Crippen LogP contribution in [0.4, 0.5) is 0 Å². The number of hydrogen-bond donors (Lipinski definition) is 2. The molecule has 4 nitrogen and oxygen atoms in total. The molecule has 0 spiro atoms. The Kier molecular flexibility index (Phi) is 6.80. The van der Waals surface area contributed by atoms with Crippen molar-refractivity contribution >= 4 is 5.91 Å². The van der Waals surface area contributed by atoms with E-state index in [1.165, 1.54) is 12.8 Å². The Morgan fingerprint density at radius 2 is 2.00 bits per heavy atom. The van der Waals surface area contributed by atoms with Crippen LogP contribution in [-0.2, 0) is 9.53 Å². The molecule has 0 aromatic heterocycles. The average Bonchev–Trinajstić information content (AvgIpc) is 2.86. The second-order valence-corrected chi connectivity index (χ2v) is 6.50. The van der Waals surface area contributed by atoms with E-state index >= 15 is 0 Å². The van der Waals surface area contributed by atoms with Crippen LogP contribution in [0.15, 0.2) is 0 Å². The molecule has 4 heteroatoms. The predicted octanol–water partition coefficient (Wildman–Crippen LogP) is 2.09. The summed E-state index contributed by atoms with van der Waals surface area (Å²) in [6.45, 7) is 7.92. The first-order chi connectivity index (χ1) is 8.94. The van der Waals surface area contributed by atoms with Gasteiger partial charge in [0.05, 0.1) is 6.04 Å². The molecule has 2 N–H and O–H groups in total. The Morgan fingerprint density at radius 1 is 1.37 bits per heavy atom. The number of methoxy groups -OCH3 is 1. The van der Waals surface area contributed by atoms with Crippen LogP contribution in [-0.4, -0.2) is 38.3 Å². The van der Waals surface area contributed by atoms with E-state index in [4.69, 9.17) is 4.74 Å². The highest BCUT2D eigenvalue weighted by Gasteiger charge is 2.23. The molecule has 0 bridgehead atoms. The van der Waals surface area contributed by atoms with Crippen molar-refractivity contribution in [3.05, 3.63) is 0 Å². The Labute approximate surface area is 117 Å². The Bertz CT molecular complexity index is 273. The smallest absolute Gasteiger partial charge is 0.237 e. The third-order valence-electron chi connectivity index (χ3n) is 3.96. The Hall–Kier alpha value is -0.610. The number of carbonyl (C=O) groups excluding carboxylic acids is 1. The molecule has 0 aromatic carbocycles. The molecule has 1 aliphatic carbocycles. The van der Waals surface area contributed by atoms with Crippen molar-refractivity contribution in [2.75, 3.05) is 20.3 Å². The van der Waals surface area contributed by atoms with Crippen molar-refractivity contribution in [3.63, 3.8) is 0 Å². The summed E-state index contributed by atoms with van der Waals surface area (Å²) in [5.74, 6) is 0.134. The second kappa shape index (κ2) is 7.85. The lowest BCUT2D eigenvalue weighted by Crippen LogP contribution is -2.47. The third-order valence-corrected chi connectivity index (χ3v) is 3.96.